The van der Waals surface area contributed by atoms with Crippen LogP contribution in [-0.2, 0) is 14.3 Å². The zero-order valence-corrected chi connectivity index (χ0v) is 8.28. The first kappa shape index (κ1) is 10.8. The quantitative estimate of drug-likeness (QED) is 0.607. The molecule has 6 nitrogen and oxygen atoms in total. The molecule has 6 heteroatoms. The minimum Gasteiger partial charge on any atom is -0.468 e. The van der Waals surface area contributed by atoms with Gasteiger partial charge in [-0.3, -0.25) is 4.79 Å². The molecule has 0 radical (unpaired) electrons. The van der Waals surface area contributed by atoms with Crippen LogP contribution in [0.3, 0.4) is 0 Å². The number of hydrogen-bond acceptors (Lipinski definition) is 5. The lowest BCUT2D eigenvalue weighted by molar-refractivity contribution is -0.139. The number of carbonyl (C=O) groups is 2. The number of ether oxygens (including phenoxy) is 2. The van der Waals surface area contributed by atoms with Crippen LogP contribution in [0.2, 0.25) is 0 Å². The Kier molecular flexibility index (Phi) is 3.70. The van der Waals surface area contributed by atoms with Crippen molar-refractivity contribution in [1.29, 1.82) is 0 Å². The Hall–Kier alpha value is -1.30. The van der Waals surface area contributed by atoms with Crippen LogP contribution in [-0.4, -0.2) is 56.9 Å². The lowest BCUT2D eigenvalue weighted by atomic mass is 10.1. The number of hydrogen-bond donors (Lipinski definition) is 1. The van der Waals surface area contributed by atoms with Crippen molar-refractivity contribution in [2.45, 2.75) is 6.04 Å². The van der Waals surface area contributed by atoms with Crippen molar-refractivity contribution in [3.63, 3.8) is 0 Å². The fourth-order valence-electron chi connectivity index (χ4n) is 1.19. The molecule has 1 N–H and O–H groups in total. The van der Waals surface area contributed by atoms with Crippen molar-refractivity contribution in [3.8, 4) is 0 Å². The Balaban J connectivity index is 2.10. The number of nitrogens with zero attached hydrogens (tertiary/aromatic N) is 1. The van der Waals surface area contributed by atoms with E-state index in [0.717, 1.165) is 0 Å². The minimum atomic E-state index is -0.332. The molecule has 0 atom stereocenters. The van der Waals surface area contributed by atoms with Crippen LogP contribution in [0.1, 0.15) is 0 Å². The van der Waals surface area contributed by atoms with Crippen molar-refractivity contribution in [3.05, 3.63) is 0 Å². The first-order valence-corrected chi connectivity index (χ1v) is 4.30. The number of carbonyl (C=O) groups excluding carboxylic acids is 2. The maximum absolute atomic E-state index is 10.9. The monoisotopic (exact) mass is 202 g/mol. The second-order valence-corrected chi connectivity index (χ2v) is 3.03. The molecule has 14 heavy (non-hydrogen) atoms. The molecular formula is C8H14N2O4. The lowest BCUT2D eigenvalue weighted by Gasteiger charge is -2.38. The van der Waals surface area contributed by atoms with Gasteiger partial charge in [0.05, 0.1) is 20.8 Å². The van der Waals surface area contributed by atoms with Gasteiger partial charge in [0.25, 0.3) is 0 Å². The molecule has 1 heterocycles. The van der Waals surface area contributed by atoms with Crippen molar-refractivity contribution in [1.82, 2.24) is 10.2 Å². The van der Waals surface area contributed by atoms with Crippen molar-refractivity contribution >= 4 is 12.1 Å². The molecule has 1 aliphatic heterocycles. The Labute approximate surface area is 82.1 Å². The fourth-order valence-corrected chi connectivity index (χ4v) is 1.19. The third-order valence-electron chi connectivity index (χ3n) is 2.08. The van der Waals surface area contributed by atoms with E-state index in [0.29, 0.717) is 13.1 Å². The van der Waals surface area contributed by atoms with E-state index < -0.39 is 0 Å². The van der Waals surface area contributed by atoms with Crippen LogP contribution < -0.4 is 5.32 Å². The predicted molar refractivity (Wildman–Crippen MR) is 47.8 cm³/mol. The zero-order chi connectivity index (χ0) is 10.6. The highest BCUT2D eigenvalue weighted by atomic mass is 16.5. The number of likely N-dealkylation sites (tertiary alicyclic amines) is 1. The van der Waals surface area contributed by atoms with Gasteiger partial charge in [0.2, 0.25) is 0 Å². The van der Waals surface area contributed by atoms with Crippen LogP contribution in [0.5, 0.6) is 0 Å². The summed E-state index contributed by atoms with van der Waals surface area (Å²) in [5, 5.41) is 2.95. The SMILES string of the molecule is COC(=O)CNC1CN(C(=O)OC)C1. The molecule has 1 saturated heterocycles. The molecule has 1 rings (SSSR count). The Morgan fingerprint density at radius 1 is 1.36 bits per heavy atom. The van der Waals surface area contributed by atoms with Gasteiger partial charge in [0.15, 0.2) is 0 Å². The lowest BCUT2D eigenvalue weighted by Crippen LogP contribution is -2.60. The Morgan fingerprint density at radius 2 is 2.00 bits per heavy atom. The summed E-state index contributed by atoms with van der Waals surface area (Å²) in [4.78, 5) is 23.2. The number of amides is 1. The van der Waals surface area contributed by atoms with Gasteiger partial charge in [0, 0.05) is 19.1 Å². The van der Waals surface area contributed by atoms with E-state index in [-0.39, 0.29) is 24.6 Å². The van der Waals surface area contributed by atoms with Crippen molar-refractivity contribution < 1.29 is 19.1 Å². The van der Waals surface area contributed by atoms with Gasteiger partial charge in [-0.15, -0.1) is 0 Å². The normalized spacial score (nSPS) is 16.0. The van der Waals surface area contributed by atoms with Crippen LogP contribution >= 0.6 is 0 Å². The van der Waals surface area contributed by atoms with Crippen LogP contribution in [0, 0.1) is 0 Å². The maximum Gasteiger partial charge on any atom is 0.409 e. The average molecular weight is 202 g/mol. The van der Waals surface area contributed by atoms with Gasteiger partial charge in [-0.25, -0.2) is 4.79 Å². The summed E-state index contributed by atoms with van der Waals surface area (Å²) < 4.78 is 8.97. The summed E-state index contributed by atoms with van der Waals surface area (Å²) >= 11 is 0. The second kappa shape index (κ2) is 4.80. The number of methoxy groups -OCH3 is 2. The standard InChI is InChI=1S/C8H14N2O4/c1-13-7(11)3-9-6-4-10(5-6)8(12)14-2/h6,9H,3-5H2,1-2H3. The van der Waals surface area contributed by atoms with Crippen LogP contribution in [0.4, 0.5) is 4.79 Å². The molecule has 0 aliphatic carbocycles. The van der Waals surface area contributed by atoms with E-state index in [1.54, 1.807) is 4.90 Å². The number of rotatable bonds is 3. The molecule has 1 fully saturated rings. The van der Waals surface area contributed by atoms with Gasteiger partial charge >= 0.3 is 12.1 Å². The third-order valence-corrected chi connectivity index (χ3v) is 2.08. The highest BCUT2D eigenvalue weighted by Gasteiger charge is 2.31. The average Bonchev–Trinajstić information content (AvgIpc) is 2.14. The molecule has 0 bridgehead atoms. The van der Waals surface area contributed by atoms with E-state index in [1.165, 1.54) is 14.2 Å². The van der Waals surface area contributed by atoms with Crippen LogP contribution in [0.25, 0.3) is 0 Å². The Morgan fingerprint density at radius 3 is 2.50 bits per heavy atom. The molecule has 0 aromatic carbocycles. The zero-order valence-electron chi connectivity index (χ0n) is 8.28. The molecule has 0 aromatic rings. The highest BCUT2D eigenvalue weighted by Crippen LogP contribution is 2.08. The second-order valence-electron chi connectivity index (χ2n) is 3.03. The number of nitrogens with one attached hydrogen (secondary N) is 1. The summed E-state index contributed by atoms with van der Waals surface area (Å²) in [6.07, 6.45) is -0.332. The maximum atomic E-state index is 10.9. The van der Waals surface area contributed by atoms with E-state index >= 15 is 0 Å². The highest BCUT2D eigenvalue weighted by molar-refractivity contribution is 5.71. The van der Waals surface area contributed by atoms with E-state index in [9.17, 15) is 9.59 Å². The summed E-state index contributed by atoms with van der Waals surface area (Å²) in [7, 11) is 2.68. The van der Waals surface area contributed by atoms with Gasteiger partial charge in [-0.1, -0.05) is 0 Å². The largest absolute Gasteiger partial charge is 0.468 e. The molecule has 0 spiro atoms. The topological polar surface area (TPSA) is 67.9 Å². The minimum absolute atomic E-state index is 0.160. The molecular weight excluding hydrogens is 188 g/mol. The van der Waals surface area contributed by atoms with Crippen LogP contribution in [0.15, 0.2) is 0 Å². The first-order chi connectivity index (χ1) is 6.67. The summed E-state index contributed by atoms with van der Waals surface area (Å²) in [6, 6.07) is 0.160. The molecule has 80 valence electrons. The first-order valence-electron chi connectivity index (χ1n) is 4.30. The third kappa shape index (κ3) is 2.59. The fraction of sp³-hybridized carbons (Fsp3) is 0.750. The van der Waals surface area contributed by atoms with Gasteiger partial charge in [-0.2, -0.15) is 0 Å². The molecule has 1 amide bonds. The van der Waals surface area contributed by atoms with E-state index in [2.05, 4.69) is 14.8 Å². The van der Waals surface area contributed by atoms with Gasteiger partial charge in [0.1, 0.15) is 0 Å². The van der Waals surface area contributed by atoms with Gasteiger partial charge in [-0.05, 0) is 0 Å². The number of esters is 1. The van der Waals surface area contributed by atoms with Crippen molar-refractivity contribution in [2.75, 3.05) is 33.9 Å². The molecule has 0 aromatic heterocycles. The molecule has 0 unspecified atom stereocenters. The summed E-state index contributed by atoms with van der Waals surface area (Å²) in [5.41, 5.74) is 0. The predicted octanol–water partition coefficient (Wildman–Crippen LogP) is -0.800. The smallest absolute Gasteiger partial charge is 0.409 e. The Bertz CT molecular complexity index is 223. The summed E-state index contributed by atoms with van der Waals surface area (Å²) in [5.74, 6) is -0.304. The van der Waals surface area contributed by atoms with Gasteiger partial charge < -0.3 is 19.7 Å². The van der Waals surface area contributed by atoms with Crippen molar-refractivity contribution in [2.24, 2.45) is 0 Å². The van der Waals surface area contributed by atoms with E-state index in [4.69, 9.17) is 0 Å². The van der Waals surface area contributed by atoms with E-state index in [1.807, 2.05) is 0 Å². The molecule has 1 aliphatic rings. The molecule has 0 saturated carbocycles. The summed E-state index contributed by atoms with van der Waals surface area (Å²) in [6.45, 7) is 1.32.